The zero-order valence-corrected chi connectivity index (χ0v) is 12.7. The van der Waals surface area contributed by atoms with Crippen molar-refractivity contribution in [3.63, 3.8) is 0 Å². The molecule has 7 heteroatoms. The van der Waals surface area contributed by atoms with Gasteiger partial charge in [-0.15, -0.1) is 5.10 Å². The van der Waals surface area contributed by atoms with Crippen LogP contribution in [0, 0.1) is 12.8 Å². The van der Waals surface area contributed by atoms with Gasteiger partial charge in [-0.05, 0) is 26.2 Å². The number of carbonyl (C=O) groups is 2. The Labute approximate surface area is 124 Å². The highest BCUT2D eigenvalue weighted by Gasteiger charge is 2.28. The molecule has 2 amide bonds. The van der Waals surface area contributed by atoms with Crippen LogP contribution >= 0.6 is 0 Å². The Bertz CT molecular complexity index is 491. The number of unbranched alkanes of at least 4 members (excludes halogenated alkanes) is 1. The van der Waals surface area contributed by atoms with Crippen molar-refractivity contribution in [2.75, 3.05) is 19.6 Å². The number of hydrogen-bond donors (Lipinski definition) is 2. The Hall–Kier alpha value is -1.92. The van der Waals surface area contributed by atoms with E-state index in [0.717, 1.165) is 19.4 Å². The van der Waals surface area contributed by atoms with Crippen LogP contribution in [-0.4, -0.2) is 51.5 Å². The first-order valence-electron chi connectivity index (χ1n) is 7.57. The van der Waals surface area contributed by atoms with E-state index in [9.17, 15) is 9.59 Å². The van der Waals surface area contributed by atoms with Gasteiger partial charge in [-0.2, -0.15) is 0 Å². The van der Waals surface area contributed by atoms with Crippen LogP contribution in [0.25, 0.3) is 0 Å². The summed E-state index contributed by atoms with van der Waals surface area (Å²) in [5.74, 6) is 0.801. The molecule has 0 atom stereocenters. The summed E-state index contributed by atoms with van der Waals surface area (Å²) in [6.07, 6.45) is 3.48. The van der Waals surface area contributed by atoms with Gasteiger partial charge in [0.05, 0.1) is 0 Å². The summed E-state index contributed by atoms with van der Waals surface area (Å²) in [6.45, 7) is 5.76. The van der Waals surface area contributed by atoms with Crippen LogP contribution in [-0.2, 0) is 4.79 Å². The highest BCUT2D eigenvalue weighted by molar-refractivity contribution is 5.90. The summed E-state index contributed by atoms with van der Waals surface area (Å²) in [5, 5.41) is 9.52. The third kappa shape index (κ3) is 4.03. The summed E-state index contributed by atoms with van der Waals surface area (Å²) < 4.78 is 0. The van der Waals surface area contributed by atoms with E-state index in [1.54, 1.807) is 11.8 Å². The first-order chi connectivity index (χ1) is 10.1. The maximum atomic E-state index is 12.2. The van der Waals surface area contributed by atoms with Crippen molar-refractivity contribution in [2.45, 2.75) is 39.5 Å². The molecule has 2 N–H and O–H groups in total. The minimum atomic E-state index is -0.163. The van der Waals surface area contributed by atoms with E-state index >= 15 is 0 Å². The molecule has 1 aliphatic heterocycles. The second kappa shape index (κ2) is 7.19. The predicted octanol–water partition coefficient (Wildman–Crippen LogP) is 0.882. The van der Waals surface area contributed by atoms with Crippen molar-refractivity contribution < 1.29 is 9.59 Å². The van der Waals surface area contributed by atoms with E-state index in [0.29, 0.717) is 31.8 Å². The smallest absolute Gasteiger partial charge is 0.293 e. The van der Waals surface area contributed by atoms with Gasteiger partial charge in [-0.3, -0.25) is 14.7 Å². The van der Waals surface area contributed by atoms with Crippen molar-refractivity contribution in [3.8, 4) is 0 Å². The minimum Gasteiger partial charge on any atom is -0.356 e. The van der Waals surface area contributed by atoms with Gasteiger partial charge in [0.25, 0.3) is 5.91 Å². The average molecular weight is 293 g/mol. The van der Waals surface area contributed by atoms with Crippen LogP contribution < -0.4 is 5.32 Å². The zero-order chi connectivity index (χ0) is 15.2. The molecule has 1 aliphatic rings. The summed E-state index contributed by atoms with van der Waals surface area (Å²) in [7, 11) is 0. The molecule has 1 aromatic heterocycles. The molecule has 0 spiro atoms. The van der Waals surface area contributed by atoms with Gasteiger partial charge in [0.2, 0.25) is 11.7 Å². The van der Waals surface area contributed by atoms with E-state index in [2.05, 4.69) is 27.4 Å². The second-order valence-corrected chi connectivity index (χ2v) is 5.46. The van der Waals surface area contributed by atoms with Gasteiger partial charge >= 0.3 is 0 Å². The number of piperidine rings is 1. The van der Waals surface area contributed by atoms with Crippen LogP contribution in [0.15, 0.2) is 0 Å². The fraction of sp³-hybridized carbons (Fsp3) is 0.714. The van der Waals surface area contributed by atoms with Crippen LogP contribution in [0.5, 0.6) is 0 Å². The number of amides is 2. The van der Waals surface area contributed by atoms with E-state index in [4.69, 9.17) is 0 Å². The topological polar surface area (TPSA) is 91.0 Å². The quantitative estimate of drug-likeness (QED) is 0.788. The number of rotatable bonds is 5. The van der Waals surface area contributed by atoms with E-state index in [-0.39, 0.29) is 23.6 Å². The maximum absolute atomic E-state index is 12.2. The van der Waals surface area contributed by atoms with E-state index < -0.39 is 0 Å². The number of likely N-dealkylation sites (tertiary alicyclic amines) is 1. The molecule has 21 heavy (non-hydrogen) atoms. The first kappa shape index (κ1) is 15.5. The van der Waals surface area contributed by atoms with Crippen molar-refractivity contribution in [2.24, 2.45) is 5.92 Å². The molecule has 1 fully saturated rings. The van der Waals surface area contributed by atoms with Crippen molar-refractivity contribution in [1.82, 2.24) is 25.4 Å². The van der Waals surface area contributed by atoms with Crippen LogP contribution in [0.2, 0.25) is 0 Å². The summed E-state index contributed by atoms with van der Waals surface area (Å²) in [5.41, 5.74) is 0. The molecule has 0 unspecified atom stereocenters. The van der Waals surface area contributed by atoms with Gasteiger partial charge in [0.15, 0.2) is 0 Å². The number of carbonyl (C=O) groups excluding carboxylic acids is 2. The van der Waals surface area contributed by atoms with E-state index in [1.807, 2.05) is 0 Å². The molecular formula is C14H23N5O2. The highest BCUT2D eigenvalue weighted by Crippen LogP contribution is 2.18. The summed E-state index contributed by atoms with van der Waals surface area (Å²) in [4.78, 5) is 29.9. The van der Waals surface area contributed by atoms with Gasteiger partial charge in [-0.25, -0.2) is 4.98 Å². The maximum Gasteiger partial charge on any atom is 0.293 e. The normalized spacial score (nSPS) is 16.0. The van der Waals surface area contributed by atoms with Gasteiger partial charge in [0.1, 0.15) is 5.82 Å². The lowest BCUT2D eigenvalue weighted by atomic mass is 9.96. The molecule has 0 aliphatic carbocycles. The number of nitrogens with one attached hydrogen (secondary N) is 2. The number of hydrogen-bond acceptors (Lipinski definition) is 4. The number of nitrogens with zero attached hydrogens (tertiary/aromatic N) is 3. The molecule has 0 bridgehead atoms. The zero-order valence-electron chi connectivity index (χ0n) is 12.7. The Morgan fingerprint density at radius 1 is 1.38 bits per heavy atom. The minimum absolute atomic E-state index is 0.0137. The van der Waals surface area contributed by atoms with Gasteiger partial charge in [0, 0.05) is 25.6 Å². The third-order valence-electron chi connectivity index (χ3n) is 3.77. The molecule has 0 aromatic carbocycles. The van der Waals surface area contributed by atoms with Crippen molar-refractivity contribution in [1.29, 1.82) is 0 Å². The van der Waals surface area contributed by atoms with Gasteiger partial charge in [-0.1, -0.05) is 13.3 Å². The third-order valence-corrected chi connectivity index (χ3v) is 3.77. The standard InChI is InChI=1S/C14H23N5O2/c1-3-4-7-15-13(20)11-5-8-19(9-6-11)14(21)12-16-10(2)17-18-12/h11H,3-9H2,1-2H3,(H,15,20)(H,16,17,18). The molecule has 1 aromatic rings. The fourth-order valence-electron chi connectivity index (χ4n) is 2.46. The lowest BCUT2D eigenvalue weighted by Crippen LogP contribution is -2.43. The lowest BCUT2D eigenvalue weighted by Gasteiger charge is -2.30. The number of aromatic amines is 1. The molecule has 2 rings (SSSR count). The molecule has 7 nitrogen and oxygen atoms in total. The molecule has 0 radical (unpaired) electrons. The molecule has 1 saturated heterocycles. The van der Waals surface area contributed by atoms with Gasteiger partial charge < -0.3 is 10.2 Å². The van der Waals surface area contributed by atoms with Crippen molar-refractivity contribution in [3.05, 3.63) is 11.6 Å². The Balaban J connectivity index is 1.80. The van der Waals surface area contributed by atoms with Crippen molar-refractivity contribution >= 4 is 11.8 Å². The predicted molar refractivity (Wildman–Crippen MR) is 77.7 cm³/mol. The Kier molecular flexibility index (Phi) is 5.30. The van der Waals surface area contributed by atoms with Crippen LogP contribution in [0.3, 0.4) is 0 Å². The largest absolute Gasteiger partial charge is 0.356 e. The van der Waals surface area contributed by atoms with Crippen LogP contribution in [0.1, 0.15) is 49.1 Å². The molecule has 116 valence electrons. The summed E-state index contributed by atoms with van der Waals surface area (Å²) in [6, 6.07) is 0. The first-order valence-corrected chi connectivity index (χ1v) is 7.57. The SMILES string of the molecule is CCCCNC(=O)C1CCN(C(=O)c2n[nH]c(C)n2)CC1. The Morgan fingerprint density at radius 3 is 2.67 bits per heavy atom. The number of aromatic nitrogens is 3. The fourth-order valence-corrected chi connectivity index (χ4v) is 2.46. The monoisotopic (exact) mass is 293 g/mol. The van der Waals surface area contributed by atoms with Crippen LogP contribution in [0.4, 0.5) is 0 Å². The Morgan fingerprint density at radius 2 is 2.10 bits per heavy atom. The number of H-pyrrole nitrogens is 1. The second-order valence-electron chi connectivity index (χ2n) is 5.46. The molecule has 0 saturated carbocycles. The van der Waals surface area contributed by atoms with E-state index in [1.165, 1.54) is 0 Å². The highest BCUT2D eigenvalue weighted by atomic mass is 16.2. The molecular weight excluding hydrogens is 270 g/mol. The average Bonchev–Trinajstić information content (AvgIpc) is 2.93. The molecule has 2 heterocycles. The lowest BCUT2D eigenvalue weighted by molar-refractivity contribution is -0.126. The summed E-state index contributed by atoms with van der Waals surface area (Å²) >= 11 is 0. The number of aryl methyl sites for hydroxylation is 1.